The van der Waals surface area contributed by atoms with Crippen molar-refractivity contribution in [3.8, 4) is 0 Å². The molecule has 0 aromatic carbocycles. The van der Waals surface area contributed by atoms with Crippen LogP contribution in [0.25, 0.3) is 0 Å². The minimum absolute atomic E-state index is 0.0868. The van der Waals surface area contributed by atoms with Crippen LogP contribution in [0, 0.1) is 5.92 Å². The van der Waals surface area contributed by atoms with E-state index in [1.54, 1.807) is 4.90 Å². The first kappa shape index (κ1) is 10.2. The van der Waals surface area contributed by atoms with Crippen molar-refractivity contribution in [3.63, 3.8) is 0 Å². The van der Waals surface area contributed by atoms with Gasteiger partial charge < -0.3 is 4.90 Å². The quantitative estimate of drug-likeness (QED) is 0.730. The summed E-state index contributed by atoms with van der Waals surface area (Å²) in [7, 11) is 1.83. The molecule has 1 aliphatic rings. The summed E-state index contributed by atoms with van der Waals surface area (Å²) in [4.78, 5) is 13.5. The Hall–Kier alpha value is -1.32. The minimum Gasteiger partial charge on any atom is -0.339 e. The van der Waals surface area contributed by atoms with Crippen LogP contribution in [-0.2, 0) is 13.0 Å². The van der Waals surface area contributed by atoms with Crippen molar-refractivity contribution in [2.45, 2.75) is 26.8 Å². The second kappa shape index (κ2) is 3.68. The number of likely N-dealkylation sites (N-methyl/N-ethyl adjacent to an activating group) is 1. The number of fused-ring (bicyclic) bond motifs is 1. The molecular weight excluding hydrogens is 190 g/mol. The number of hydrogen-bond acceptors (Lipinski definition) is 2. The van der Waals surface area contributed by atoms with Crippen molar-refractivity contribution in [2.75, 3.05) is 13.6 Å². The molecule has 1 amide bonds. The number of rotatable bonds is 2. The molecule has 0 aliphatic carbocycles. The Morgan fingerprint density at radius 1 is 1.47 bits per heavy atom. The van der Waals surface area contributed by atoms with Crippen molar-refractivity contribution < 1.29 is 4.79 Å². The second-order valence-electron chi connectivity index (χ2n) is 4.57. The molecule has 0 radical (unpaired) electrons. The third-order valence-corrected chi connectivity index (χ3v) is 2.66. The largest absolute Gasteiger partial charge is 0.339 e. The van der Waals surface area contributed by atoms with Crippen molar-refractivity contribution >= 4 is 5.91 Å². The van der Waals surface area contributed by atoms with E-state index in [0.717, 1.165) is 30.9 Å². The number of carbonyl (C=O) groups is 1. The van der Waals surface area contributed by atoms with Gasteiger partial charge in [0.05, 0.1) is 12.2 Å². The maximum absolute atomic E-state index is 11.8. The van der Waals surface area contributed by atoms with Crippen LogP contribution in [0.2, 0.25) is 0 Å². The zero-order valence-electron chi connectivity index (χ0n) is 9.53. The molecule has 1 aromatic rings. The van der Waals surface area contributed by atoms with Gasteiger partial charge in [-0.05, 0) is 18.4 Å². The average Bonchev–Trinajstić information content (AvgIpc) is 2.54. The average molecular weight is 207 g/mol. The Kier molecular flexibility index (Phi) is 2.50. The van der Waals surface area contributed by atoms with Crippen molar-refractivity contribution in [1.82, 2.24) is 14.7 Å². The maximum Gasteiger partial charge on any atom is 0.271 e. The van der Waals surface area contributed by atoms with E-state index in [1.807, 2.05) is 17.8 Å². The van der Waals surface area contributed by atoms with Crippen molar-refractivity contribution in [3.05, 3.63) is 17.5 Å². The van der Waals surface area contributed by atoms with Gasteiger partial charge >= 0.3 is 0 Å². The van der Waals surface area contributed by atoms with Crippen LogP contribution >= 0.6 is 0 Å². The first-order valence-corrected chi connectivity index (χ1v) is 5.40. The molecule has 2 rings (SSSR count). The topological polar surface area (TPSA) is 38.1 Å². The van der Waals surface area contributed by atoms with Crippen LogP contribution in [0.5, 0.6) is 0 Å². The number of aromatic nitrogens is 2. The Balaban J connectivity index is 2.27. The van der Waals surface area contributed by atoms with Crippen LogP contribution in [0.1, 0.15) is 30.0 Å². The summed E-state index contributed by atoms with van der Waals surface area (Å²) in [6.07, 6.45) is 0.941. The Morgan fingerprint density at radius 3 is 2.87 bits per heavy atom. The summed E-state index contributed by atoms with van der Waals surface area (Å²) in [5, 5.41) is 4.44. The van der Waals surface area contributed by atoms with Crippen molar-refractivity contribution in [1.29, 1.82) is 0 Å². The van der Waals surface area contributed by atoms with Gasteiger partial charge in [0.1, 0.15) is 5.69 Å². The number of carbonyl (C=O) groups excluding carboxylic acids is 1. The summed E-state index contributed by atoms with van der Waals surface area (Å²) in [5.41, 5.74) is 1.77. The normalized spacial score (nSPS) is 16.0. The van der Waals surface area contributed by atoms with Gasteiger partial charge in [0.2, 0.25) is 0 Å². The molecule has 4 nitrogen and oxygen atoms in total. The third kappa shape index (κ3) is 1.89. The van der Waals surface area contributed by atoms with Crippen LogP contribution in [0.4, 0.5) is 0 Å². The summed E-state index contributed by atoms with van der Waals surface area (Å²) >= 11 is 0. The van der Waals surface area contributed by atoms with Crippen LogP contribution in [0.3, 0.4) is 0 Å². The Morgan fingerprint density at radius 2 is 2.20 bits per heavy atom. The van der Waals surface area contributed by atoms with E-state index < -0.39 is 0 Å². The van der Waals surface area contributed by atoms with Crippen LogP contribution in [0.15, 0.2) is 6.07 Å². The van der Waals surface area contributed by atoms with Gasteiger partial charge in [-0.15, -0.1) is 0 Å². The smallest absolute Gasteiger partial charge is 0.271 e. The monoisotopic (exact) mass is 207 g/mol. The number of amides is 1. The van der Waals surface area contributed by atoms with Crippen LogP contribution in [-0.4, -0.2) is 34.2 Å². The van der Waals surface area contributed by atoms with E-state index in [9.17, 15) is 4.79 Å². The van der Waals surface area contributed by atoms with E-state index in [2.05, 4.69) is 18.9 Å². The van der Waals surface area contributed by atoms with E-state index in [4.69, 9.17) is 0 Å². The lowest BCUT2D eigenvalue weighted by Gasteiger charge is -2.22. The summed E-state index contributed by atoms with van der Waals surface area (Å²) < 4.78 is 1.83. The van der Waals surface area contributed by atoms with E-state index >= 15 is 0 Å². The second-order valence-corrected chi connectivity index (χ2v) is 4.57. The fourth-order valence-electron chi connectivity index (χ4n) is 1.87. The van der Waals surface area contributed by atoms with Gasteiger partial charge in [-0.2, -0.15) is 5.10 Å². The zero-order chi connectivity index (χ0) is 11.0. The predicted molar refractivity (Wildman–Crippen MR) is 57.7 cm³/mol. The molecule has 0 atom stereocenters. The Bertz CT molecular complexity index is 381. The van der Waals surface area contributed by atoms with Gasteiger partial charge in [-0.3, -0.25) is 9.48 Å². The molecule has 4 heteroatoms. The first-order chi connectivity index (χ1) is 7.08. The van der Waals surface area contributed by atoms with Crippen molar-refractivity contribution in [2.24, 2.45) is 5.92 Å². The van der Waals surface area contributed by atoms with Gasteiger partial charge in [0, 0.05) is 13.6 Å². The third-order valence-electron chi connectivity index (χ3n) is 2.66. The fourth-order valence-corrected chi connectivity index (χ4v) is 1.87. The molecule has 0 unspecified atom stereocenters. The summed E-state index contributed by atoms with van der Waals surface area (Å²) in [6, 6.07) is 1.93. The van der Waals surface area contributed by atoms with Crippen LogP contribution < -0.4 is 0 Å². The lowest BCUT2D eigenvalue weighted by atomic mass is 10.1. The molecular formula is C11H17N3O. The van der Waals surface area contributed by atoms with Gasteiger partial charge in [0.15, 0.2) is 0 Å². The predicted octanol–water partition coefficient (Wildman–Crippen LogP) is 1.17. The Labute approximate surface area is 89.9 Å². The molecule has 82 valence electrons. The zero-order valence-corrected chi connectivity index (χ0v) is 9.53. The highest BCUT2D eigenvalue weighted by Gasteiger charge is 2.23. The molecule has 0 spiro atoms. The highest BCUT2D eigenvalue weighted by molar-refractivity contribution is 5.93. The lowest BCUT2D eigenvalue weighted by molar-refractivity contribution is 0.0743. The minimum atomic E-state index is 0.0868. The number of hydrogen-bond donors (Lipinski definition) is 0. The highest BCUT2D eigenvalue weighted by Crippen LogP contribution is 2.14. The first-order valence-electron chi connectivity index (χ1n) is 5.40. The number of nitrogens with zero attached hydrogens (tertiary/aromatic N) is 3. The molecule has 0 bridgehead atoms. The molecule has 0 saturated heterocycles. The van der Waals surface area contributed by atoms with Gasteiger partial charge in [0.25, 0.3) is 5.91 Å². The van der Waals surface area contributed by atoms with E-state index in [-0.39, 0.29) is 5.91 Å². The lowest BCUT2D eigenvalue weighted by Crippen LogP contribution is -2.37. The van der Waals surface area contributed by atoms with E-state index in [0.29, 0.717) is 5.92 Å². The molecule has 2 heterocycles. The summed E-state index contributed by atoms with van der Waals surface area (Å²) in [5.74, 6) is 0.665. The fraction of sp³-hybridized carbons (Fsp3) is 0.636. The molecule has 0 fully saturated rings. The summed E-state index contributed by atoms with van der Waals surface area (Å²) in [6.45, 7) is 5.89. The van der Waals surface area contributed by atoms with Gasteiger partial charge in [-0.1, -0.05) is 13.8 Å². The SMILES string of the molecule is CC(C)Cc1cc2n(n1)CCN(C)C2=O. The standard InChI is InChI=1S/C11H17N3O/c1-8(2)6-9-7-10-11(15)13(3)4-5-14(10)12-9/h7-8H,4-6H2,1-3H3. The maximum atomic E-state index is 11.8. The molecule has 0 saturated carbocycles. The molecule has 1 aromatic heterocycles. The molecule has 15 heavy (non-hydrogen) atoms. The molecule has 1 aliphatic heterocycles. The highest BCUT2D eigenvalue weighted by atomic mass is 16.2. The molecule has 0 N–H and O–H groups in total. The van der Waals surface area contributed by atoms with E-state index in [1.165, 1.54) is 0 Å². The van der Waals surface area contributed by atoms with Gasteiger partial charge in [-0.25, -0.2) is 0 Å².